The summed E-state index contributed by atoms with van der Waals surface area (Å²) in [5, 5.41) is 12.6. The van der Waals surface area contributed by atoms with E-state index >= 15 is 0 Å². The molecule has 47 heavy (non-hydrogen) atoms. The molecule has 1 saturated heterocycles. The van der Waals surface area contributed by atoms with Crippen molar-refractivity contribution in [1.82, 2.24) is 5.32 Å². The van der Waals surface area contributed by atoms with Gasteiger partial charge >= 0.3 is 0 Å². The first-order chi connectivity index (χ1) is 23.0. The second kappa shape index (κ2) is 15.5. The fourth-order valence-electron chi connectivity index (χ4n) is 5.82. The second-order valence-corrected chi connectivity index (χ2v) is 12.7. The number of hydrogen-bond donors (Lipinski definition) is 2. The van der Waals surface area contributed by atoms with Gasteiger partial charge in [-0.05, 0) is 64.2 Å². The van der Waals surface area contributed by atoms with Gasteiger partial charge in [-0.1, -0.05) is 97.9 Å². The van der Waals surface area contributed by atoms with Crippen molar-refractivity contribution in [3.8, 4) is 16.9 Å². The number of methoxy groups -OCH3 is 1. The Kier molecular flexibility index (Phi) is 10.7. The van der Waals surface area contributed by atoms with Crippen molar-refractivity contribution in [2.45, 2.75) is 43.5 Å². The minimum absolute atomic E-state index is 0.00133. The van der Waals surface area contributed by atoms with E-state index < -0.39 is 6.29 Å². The highest BCUT2D eigenvalue weighted by molar-refractivity contribution is 7.99. The number of carbonyl (C=O) groups excluding carboxylic acids is 1. The molecule has 1 amide bonds. The molecule has 240 valence electrons. The maximum absolute atomic E-state index is 12.6. The molecule has 6 nitrogen and oxygen atoms in total. The third-order valence-corrected chi connectivity index (χ3v) is 9.65. The van der Waals surface area contributed by atoms with Gasteiger partial charge in [0.1, 0.15) is 5.75 Å². The molecule has 0 aromatic heterocycles. The number of benzene rings is 5. The van der Waals surface area contributed by atoms with Crippen LogP contribution in [0.2, 0.25) is 0 Å². The van der Waals surface area contributed by atoms with Crippen LogP contribution < -0.4 is 10.1 Å². The maximum atomic E-state index is 12.6. The first kappa shape index (κ1) is 32.5. The first-order valence-electron chi connectivity index (χ1n) is 15.8. The lowest BCUT2D eigenvalue weighted by molar-refractivity contribution is -0.268. The molecule has 0 bridgehead atoms. The largest absolute Gasteiger partial charge is 0.496 e. The molecule has 1 aliphatic rings. The highest BCUT2D eigenvalue weighted by Crippen LogP contribution is 2.44. The lowest BCUT2D eigenvalue weighted by Gasteiger charge is -2.41. The van der Waals surface area contributed by atoms with Crippen LogP contribution in [0.1, 0.15) is 51.9 Å². The van der Waals surface area contributed by atoms with Crippen LogP contribution in [-0.2, 0) is 22.6 Å². The molecule has 1 fully saturated rings. The standard InChI is InChI=1S/C40H39NO5S/c1-27-36(26-47-37-17-7-6-16-35(37)44-2)45-40(46-38(27)30-20-18-28(25-42)19-21-30)34-15-9-14-33(23-34)32-13-8-10-29(22-32)24-41-39(43)31-11-4-3-5-12-31/h3-23,27,36,38,40,42H,24-26H2,1-2H3,(H,41,43). The van der Waals surface area contributed by atoms with Crippen LogP contribution in [0.15, 0.2) is 132 Å². The summed E-state index contributed by atoms with van der Waals surface area (Å²) in [6.45, 7) is 2.60. The quantitative estimate of drug-likeness (QED) is 0.141. The molecule has 4 atom stereocenters. The average Bonchev–Trinajstić information content (AvgIpc) is 3.14. The Morgan fingerprint density at radius 1 is 0.787 bits per heavy atom. The Balaban J connectivity index is 1.23. The van der Waals surface area contributed by atoms with Crippen molar-refractivity contribution in [1.29, 1.82) is 0 Å². The zero-order valence-corrected chi connectivity index (χ0v) is 27.4. The molecule has 0 saturated carbocycles. The molecule has 1 aliphatic heterocycles. The van der Waals surface area contributed by atoms with Gasteiger partial charge in [0, 0.05) is 34.2 Å². The van der Waals surface area contributed by atoms with Gasteiger partial charge < -0.3 is 24.6 Å². The number of hydrogen-bond acceptors (Lipinski definition) is 6. The third-order valence-electron chi connectivity index (χ3n) is 8.50. The summed E-state index contributed by atoms with van der Waals surface area (Å²) in [4.78, 5) is 13.7. The Bertz CT molecular complexity index is 1780. The van der Waals surface area contributed by atoms with Crippen LogP contribution in [0, 0.1) is 5.92 Å². The summed E-state index contributed by atoms with van der Waals surface area (Å²) in [6.07, 6.45) is -0.887. The minimum atomic E-state index is -0.578. The van der Waals surface area contributed by atoms with Crippen LogP contribution in [-0.4, -0.2) is 30.0 Å². The number of thioether (sulfide) groups is 1. The second-order valence-electron chi connectivity index (χ2n) is 11.7. The molecular formula is C40H39NO5S. The number of rotatable bonds is 11. The maximum Gasteiger partial charge on any atom is 0.251 e. The molecule has 1 heterocycles. The van der Waals surface area contributed by atoms with E-state index in [0.29, 0.717) is 12.1 Å². The normalized spacial score (nSPS) is 19.2. The fourth-order valence-corrected chi connectivity index (χ4v) is 7.01. The van der Waals surface area contributed by atoms with Crippen molar-refractivity contribution in [2.24, 2.45) is 5.92 Å². The van der Waals surface area contributed by atoms with Crippen LogP contribution in [0.5, 0.6) is 5.75 Å². The van der Waals surface area contributed by atoms with E-state index in [2.05, 4.69) is 42.6 Å². The molecule has 6 rings (SSSR count). The highest BCUT2D eigenvalue weighted by Gasteiger charge is 2.38. The van der Waals surface area contributed by atoms with Gasteiger partial charge in [-0.3, -0.25) is 4.79 Å². The van der Waals surface area contributed by atoms with Gasteiger partial charge in [0.05, 0.1) is 25.9 Å². The average molecular weight is 646 g/mol. The minimum Gasteiger partial charge on any atom is -0.496 e. The van der Waals surface area contributed by atoms with E-state index in [1.54, 1.807) is 18.9 Å². The number of ether oxygens (including phenoxy) is 3. The van der Waals surface area contributed by atoms with Crippen LogP contribution in [0.25, 0.3) is 11.1 Å². The summed E-state index contributed by atoms with van der Waals surface area (Å²) in [5.74, 6) is 1.54. The van der Waals surface area contributed by atoms with E-state index in [1.807, 2.05) is 97.1 Å². The molecule has 7 heteroatoms. The first-order valence-corrected chi connectivity index (χ1v) is 16.8. The molecule has 0 spiro atoms. The van der Waals surface area contributed by atoms with Crippen molar-refractivity contribution < 1.29 is 24.1 Å². The monoisotopic (exact) mass is 645 g/mol. The Morgan fingerprint density at radius 3 is 2.28 bits per heavy atom. The number of para-hydroxylation sites is 1. The molecule has 0 aliphatic carbocycles. The molecule has 5 aromatic rings. The number of amides is 1. The predicted octanol–water partition coefficient (Wildman–Crippen LogP) is 8.37. The lowest BCUT2D eigenvalue weighted by Crippen LogP contribution is -2.38. The van der Waals surface area contributed by atoms with Crippen molar-refractivity contribution in [2.75, 3.05) is 12.9 Å². The molecule has 0 radical (unpaired) electrons. The van der Waals surface area contributed by atoms with E-state index in [1.165, 1.54) is 0 Å². The third kappa shape index (κ3) is 7.95. The van der Waals surface area contributed by atoms with Crippen LogP contribution in [0.3, 0.4) is 0 Å². The summed E-state index contributed by atoms with van der Waals surface area (Å²) in [7, 11) is 1.69. The van der Waals surface area contributed by atoms with Gasteiger partial charge in [0.2, 0.25) is 0 Å². The molecule has 4 unspecified atom stereocenters. The van der Waals surface area contributed by atoms with Gasteiger partial charge in [0.25, 0.3) is 5.91 Å². The van der Waals surface area contributed by atoms with Crippen molar-refractivity contribution >= 4 is 17.7 Å². The molecule has 2 N–H and O–H groups in total. The van der Waals surface area contributed by atoms with Crippen LogP contribution in [0.4, 0.5) is 0 Å². The SMILES string of the molecule is COc1ccccc1SCC1OC(c2cccc(-c3cccc(CNC(=O)c4ccccc4)c3)c2)OC(c2ccc(CO)cc2)C1C. The number of aliphatic hydroxyl groups is 1. The Morgan fingerprint density at radius 2 is 1.51 bits per heavy atom. The summed E-state index contributed by atoms with van der Waals surface area (Å²) < 4.78 is 19.1. The van der Waals surface area contributed by atoms with E-state index in [9.17, 15) is 9.90 Å². The smallest absolute Gasteiger partial charge is 0.251 e. The Labute approximate surface area is 280 Å². The van der Waals surface area contributed by atoms with Crippen LogP contribution >= 0.6 is 11.8 Å². The summed E-state index contributed by atoms with van der Waals surface area (Å²) in [5.41, 5.74) is 6.58. The topological polar surface area (TPSA) is 77.0 Å². The zero-order valence-electron chi connectivity index (χ0n) is 26.5. The van der Waals surface area contributed by atoms with E-state index in [4.69, 9.17) is 14.2 Å². The summed E-state index contributed by atoms with van der Waals surface area (Å²) in [6, 6.07) is 41.7. The van der Waals surface area contributed by atoms with Gasteiger partial charge in [-0.2, -0.15) is 0 Å². The predicted molar refractivity (Wildman–Crippen MR) is 186 cm³/mol. The van der Waals surface area contributed by atoms with Crippen molar-refractivity contribution in [3.05, 3.63) is 155 Å². The van der Waals surface area contributed by atoms with Gasteiger partial charge in [0.15, 0.2) is 6.29 Å². The molecule has 5 aromatic carbocycles. The summed E-state index contributed by atoms with van der Waals surface area (Å²) >= 11 is 1.72. The van der Waals surface area contributed by atoms with E-state index in [-0.39, 0.29) is 30.6 Å². The number of aliphatic hydroxyl groups excluding tert-OH is 1. The highest BCUT2D eigenvalue weighted by atomic mass is 32.2. The Hall–Kier alpha value is -4.40. The number of carbonyl (C=O) groups is 1. The number of nitrogens with one attached hydrogen (secondary N) is 1. The molecular weight excluding hydrogens is 607 g/mol. The van der Waals surface area contributed by atoms with E-state index in [0.717, 1.165) is 49.8 Å². The van der Waals surface area contributed by atoms with Gasteiger partial charge in [-0.25, -0.2) is 0 Å². The lowest BCUT2D eigenvalue weighted by atomic mass is 9.91. The van der Waals surface area contributed by atoms with Crippen molar-refractivity contribution in [3.63, 3.8) is 0 Å². The zero-order chi connectivity index (χ0) is 32.6. The van der Waals surface area contributed by atoms with Gasteiger partial charge in [-0.15, -0.1) is 11.8 Å². The fraction of sp³-hybridized carbons (Fsp3) is 0.225.